The number of ether oxygens (including phenoxy) is 2. The molecule has 9 heteroatoms. The second-order valence-corrected chi connectivity index (χ2v) is 10.7. The maximum atomic E-state index is 12.8. The second-order valence-electron chi connectivity index (χ2n) is 10.7. The molecule has 178 valence electrons. The van der Waals surface area contributed by atoms with Gasteiger partial charge in [-0.2, -0.15) is 0 Å². The highest BCUT2D eigenvalue weighted by Crippen LogP contribution is 2.31. The van der Waals surface area contributed by atoms with E-state index in [1.807, 2.05) is 20.8 Å². The summed E-state index contributed by atoms with van der Waals surface area (Å²) in [5, 5.41) is 10.2. The molecule has 3 aliphatic rings. The summed E-state index contributed by atoms with van der Waals surface area (Å²) < 4.78 is 11.4. The largest absolute Gasteiger partial charge is 0.444 e. The molecule has 1 amide bonds. The first-order valence-electron chi connectivity index (χ1n) is 11.6. The Labute approximate surface area is 190 Å². The third kappa shape index (κ3) is 5.15. The van der Waals surface area contributed by atoms with Crippen LogP contribution in [0.3, 0.4) is 0 Å². The third-order valence-corrected chi connectivity index (χ3v) is 6.55. The monoisotopic (exact) mass is 447 g/mol. The Hall–Kier alpha value is -1.97. The number of piperazine rings is 1. The van der Waals surface area contributed by atoms with Gasteiger partial charge in [-0.15, -0.1) is 0 Å². The highest BCUT2D eigenvalue weighted by molar-refractivity contribution is 5.68. The number of rotatable bonds is 4. The minimum absolute atomic E-state index is 0.0467. The summed E-state index contributed by atoms with van der Waals surface area (Å²) in [7, 11) is 0. The summed E-state index contributed by atoms with van der Waals surface area (Å²) in [5.74, 6) is 0.632. The number of amides is 1. The van der Waals surface area contributed by atoms with Crippen molar-refractivity contribution in [3.63, 3.8) is 0 Å². The molecule has 2 bridgehead atoms. The summed E-state index contributed by atoms with van der Waals surface area (Å²) in [6.45, 7) is 13.2. The normalized spacial score (nSPS) is 27.0. The molecule has 9 nitrogen and oxygen atoms in total. The van der Waals surface area contributed by atoms with Crippen molar-refractivity contribution in [2.45, 2.75) is 76.8 Å². The van der Waals surface area contributed by atoms with Gasteiger partial charge < -0.3 is 24.4 Å². The molecular weight excluding hydrogens is 410 g/mol. The quantitative estimate of drug-likeness (QED) is 0.749. The Kier molecular flexibility index (Phi) is 6.35. The number of fused-ring (bicyclic) bond motifs is 2. The van der Waals surface area contributed by atoms with Gasteiger partial charge in [-0.1, -0.05) is 0 Å². The fourth-order valence-corrected chi connectivity index (χ4v) is 4.81. The zero-order valence-electron chi connectivity index (χ0n) is 20.0. The summed E-state index contributed by atoms with van der Waals surface area (Å²) in [5.41, 5.74) is -0.833. The molecule has 2 unspecified atom stereocenters. The summed E-state index contributed by atoms with van der Waals surface area (Å²) in [6, 6.07) is 0.919. The van der Waals surface area contributed by atoms with Crippen molar-refractivity contribution in [3.8, 4) is 0 Å². The number of morpholine rings is 1. The number of carbonyl (C=O) groups excluding carboxylic acids is 1. The van der Waals surface area contributed by atoms with Crippen LogP contribution in [0.4, 0.5) is 10.7 Å². The molecule has 3 atom stereocenters. The van der Waals surface area contributed by atoms with Crippen LogP contribution in [0.25, 0.3) is 0 Å². The average Bonchev–Trinajstić information content (AvgIpc) is 2.92. The molecule has 3 saturated heterocycles. The smallest absolute Gasteiger partial charge is 0.410 e. The molecule has 3 fully saturated rings. The van der Waals surface area contributed by atoms with Crippen molar-refractivity contribution in [1.82, 2.24) is 19.8 Å². The fourth-order valence-electron chi connectivity index (χ4n) is 4.81. The van der Waals surface area contributed by atoms with Crippen LogP contribution in [0.1, 0.15) is 53.0 Å². The van der Waals surface area contributed by atoms with E-state index >= 15 is 0 Å². The molecule has 1 aromatic heterocycles. The molecule has 0 radical (unpaired) electrons. The van der Waals surface area contributed by atoms with E-state index in [2.05, 4.69) is 19.8 Å². The molecule has 0 spiro atoms. The van der Waals surface area contributed by atoms with Crippen molar-refractivity contribution in [1.29, 1.82) is 0 Å². The van der Waals surface area contributed by atoms with Crippen LogP contribution in [0, 0.1) is 0 Å². The second kappa shape index (κ2) is 8.76. The van der Waals surface area contributed by atoms with E-state index in [0.717, 1.165) is 32.6 Å². The molecule has 32 heavy (non-hydrogen) atoms. The Morgan fingerprint density at radius 3 is 2.31 bits per heavy atom. The van der Waals surface area contributed by atoms with E-state index in [1.54, 1.807) is 31.1 Å². The Morgan fingerprint density at radius 1 is 1.12 bits per heavy atom. The van der Waals surface area contributed by atoms with Gasteiger partial charge in [0.15, 0.2) is 0 Å². The van der Waals surface area contributed by atoms with Gasteiger partial charge in [0.05, 0.1) is 24.9 Å². The number of anilines is 1. The standard InChI is InChI=1S/C23H37N5O4/c1-22(2,3)32-21(29)26-8-9-27(20-24-10-16(11-25-20)23(4,5)30)19(12-26)13-28-17-6-7-18(28)15-31-14-17/h10-11,17-19,30H,6-9,12-15H2,1-5H3/t17?,18?,19-/m1/s1. The average molecular weight is 448 g/mol. The van der Waals surface area contributed by atoms with Gasteiger partial charge in [0.2, 0.25) is 5.95 Å². The topological polar surface area (TPSA) is 91.3 Å². The van der Waals surface area contributed by atoms with Crippen molar-refractivity contribution in [2.75, 3.05) is 44.3 Å². The highest BCUT2D eigenvalue weighted by Gasteiger charge is 2.41. The van der Waals surface area contributed by atoms with E-state index in [9.17, 15) is 9.90 Å². The number of hydrogen-bond acceptors (Lipinski definition) is 8. The number of carbonyl (C=O) groups is 1. The van der Waals surface area contributed by atoms with Crippen LogP contribution >= 0.6 is 0 Å². The lowest BCUT2D eigenvalue weighted by atomic mass is 10.0. The number of nitrogens with zero attached hydrogens (tertiary/aromatic N) is 5. The van der Waals surface area contributed by atoms with E-state index in [1.165, 1.54) is 0 Å². The first kappa shape index (κ1) is 23.2. The Bertz CT molecular complexity index is 788. The first-order valence-corrected chi connectivity index (χ1v) is 11.6. The summed E-state index contributed by atoms with van der Waals surface area (Å²) in [4.78, 5) is 28.5. The van der Waals surface area contributed by atoms with Crippen LogP contribution < -0.4 is 4.90 Å². The van der Waals surface area contributed by atoms with Crippen LogP contribution in [0.2, 0.25) is 0 Å². The maximum absolute atomic E-state index is 12.8. The first-order chi connectivity index (χ1) is 15.0. The maximum Gasteiger partial charge on any atom is 0.410 e. The van der Waals surface area contributed by atoms with E-state index in [0.29, 0.717) is 43.2 Å². The van der Waals surface area contributed by atoms with Crippen molar-refractivity contribution < 1.29 is 19.4 Å². The third-order valence-electron chi connectivity index (χ3n) is 6.55. The van der Waals surface area contributed by atoms with Crippen LogP contribution in [-0.2, 0) is 15.1 Å². The van der Waals surface area contributed by atoms with Gasteiger partial charge in [-0.05, 0) is 47.5 Å². The van der Waals surface area contributed by atoms with Crippen LogP contribution in [-0.4, -0.2) is 94.1 Å². The van der Waals surface area contributed by atoms with E-state index in [4.69, 9.17) is 9.47 Å². The molecule has 4 rings (SSSR count). The van der Waals surface area contributed by atoms with Crippen LogP contribution in [0.15, 0.2) is 12.4 Å². The lowest BCUT2D eigenvalue weighted by Crippen LogP contribution is -2.61. The van der Waals surface area contributed by atoms with Gasteiger partial charge in [-0.25, -0.2) is 14.8 Å². The summed E-state index contributed by atoms with van der Waals surface area (Å²) in [6.07, 6.45) is 5.43. The van der Waals surface area contributed by atoms with Crippen molar-refractivity contribution >= 4 is 12.0 Å². The molecule has 1 aromatic rings. The number of hydrogen-bond donors (Lipinski definition) is 1. The van der Waals surface area contributed by atoms with Crippen LogP contribution in [0.5, 0.6) is 0 Å². The predicted molar refractivity (Wildman–Crippen MR) is 121 cm³/mol. The van der Waals surface area contributed by atoms with E-state index in [-0.39, 0.29) is 12.1 Å². The zero-order chi connectivity index (χ0) is 23.1. The predicted octanol–water partition coefficient (Wildman–Crippen LogP) is 1.99. The minimum atomic E-state index is -0.986. The molecule has 4 heterocycles. The van der Waals surface area contributed by atoms with Crippen molar-refractivity contribution in [3.05, 3.63) is 18.0 Å². The molecule has 0 saturated carbocycles. The lowest BCUT2D eigenvalue weighted by Gasteiger charge is -2.45. The number of aliphatic hydroxyl groups is 1. The zero-order valence-corrected chi connectivity index (χ0v) is 20.0. The highest BCUT2D eigenvalue weighted by atomic mass is 16.6. The van der Waals surface area contributed by atoms with E-state index < -0.39 is 11.2 Å². The molecule has 0 aliphatic carbocycles. The molecule has 3 aliphatic heterocycles. The lowest BCUT2D eigenvalue weighted by molar-refractivity contribution is -0.0213. The van der Waals surface area contributed by atoms with Gasteiger partial charge in [0.1, 0.15) is 5.60 Å². The minimum Gasteiger partial charge on any atom is -0.444 e. The molecule has 0 aromatic carbocycles. The van der Waals surface area contributed by atoms with Crippen molar-refractivity contribution in [2.24, 2.45) is 0 Å². The molecular formula is C23H37N5O4. The Balaban J connectivity index is 1.54. The molecule has 1 N–H and O–H groups in total. The van der Waals surface area contributed by atoms with Gasteiger partial charge in [0.25, 0.3) is 0 Å². The fraction of sp³-hybridized carbons (Fsp3) is 0.783. The van der Waals surface area contributed by atoms with Gasteiger partial charge in [-0.3, -0.25) is 4.90 Å². The van der Waals surface area contributed by atoms with Gasteiger partial charge >= 0.3 is 6.09 Å². The summed E-state index contributed by atoms with van der Waals surface area (Å²) >= 11 is 0. The number of aromatic nitrogens is 2. The van der Waals surface area contributed by atoms with Gasteiger partial charge in [0, 0.05) is 56.2 Å². The Morgan fingerprint density at radius 2 is 1.75 bits per heavy atom. The SMILES string of the molecule is CC(C)(C)OC(=O)N1CCN(c2ncc(C(C)(C)O)cn2)[C@@H](CN2C3CCC2COC3)C1.